The van der Waals surface area contributed by atoms with Crippen LogP contribution in [0.25, 0.3) is 0 Å². The fourth-order valence-electron chi connectivity index (χ4n) is 4.08. The molecule has 2 aliphatic rings. The zero-order valence-corrected chi connectivity index (χ0v) is 23.4. The third-order valence-electron chi connectivity index (χ3n) is 6.09. The fourth-order valence-corrected chi connectivity index (χ4v) is 6.61. The standard InChI is InChI=1S/C25H29N3O10S2/c1-14-6-8-18(9-7-14)40(36,37)27-17(11-29)4-3-5-19(31)26-21-23(33)28-22(25(34)35)16(13-39-24(21)28)12-38-20(32)10-15(2)30/h6-9,11,17,21,24,27H,3-5,10,12-13H2,1-2H3,(H,26,31)(H,34,35)/t17?,21?,24-/m0/s1. The Hall–Kier alpha value is -3.56. The van der Waals surface area contributed by atoms with Crippen LogP contribution in [0, 0.1) is 6.92 Å². The molecule has 216 valence electrons. The highest BCUT2D eigenvalue weighted by Crippen LogP contribution is 2.40. The van der Waals surface area contributed by atoms with Crippen LogP contribution in [-0.2, 0) is 43.5 Å². The number of aliphatic carboxylic acids is 1. The molecule has 1 saturated heterocycles. The number of aryl methyl sites for hydroxylation is 1. The maximum absolute atomic E-state index is 12.7. The van der Waals surface area contributed by atoms with Crippen LogP contribution in [0.3, 0.4) is 0 Å². The Labute approximate surface area is 234 Å². The molecule has 2 aliphatic heterocycles. The number of ether oxygens (including phenoxy) is 1. The summed E-state index contributed by atoms with van der Waals surface area (Å²) in [5.41, 5.74) is 0.736. The minimum absolute atomic E-state index is 0.00730. The van der Waals surface area contributed by atoms with Gasteiger partial charge in [-0.05, 0) is 38.8 Å². The van der Waals surface area contributed by atoms with Crippen molar-refractivity contribution in [2.45, 2.75) is 61.9 Å². The van der Waals surface area contributed by atoms with Gasteiger partial charge in [-0.15, -0.1) is 11.8 Å². The number of amides is 2. The van der Waals surface area contributed by atoms with Crippen molar-refractivity contribution in [3.8, 4) is 0 Å². The summed E-state index contributed by atoms with van der Waals surface area (Å²) in [7, 11) is -3.93. The molecule has 3 rings (SSSR count). The second-order valence-corrected chi connectivity index (χ2v) is 12.1. The first-order valence-electron chi connectivity index (χ1n) is 12.2. The summed E-state index contributed by atoms with van der Waals surface area (Å²) in [5, 5.41) is 11.6. The van der Waals surface area contributed by atoms with Gasteiger partial charge in [0.15, 0.2) is 0 Å². The van der Waals surface area contributed by atoms with E-state index in [1.807, 2.05) is 6.92 Å². The number of carboxylic acids is 1. The molecule has 2 amide bonds. The van der Waals surface area contributed by atoms with Crippen LogP contribution < -0.4 is 10.0 Å². The Morgan fingerprint density at radius 1 is 1.23 bits per heavy atom. The van der Waals surface area contributed by atoms with Crippen molar-refractivity contribution in [2.75, 3.05) is 12.4 Å². The molecule has 15 heteroatoms. The van der Waals surface area contributed by atoms with Gasteiger partial charge in [0, 0.05) is 17.7 Å². The van der Waals surface area contributed by atoms with Crippen molar-refractivity contribution in [1.29, 1.82) is 0 Å². The number of carboxylic acid groups (broad SMARTS) is 1. The van der Waals surface area contributed by atoms with E-state index in [0.29, 0.717) is 6.29 Å². The number of hydrogen-bond acceptors (Lipinski definition) is 10. The average Bonchev–Trinajstić information content (AvgIpc) is 2.89. The molecule has 3 N–H and O–H groups in total. The van der Waals surface area contributed by atoms with E-state index in [-0.39, 0.29) is 47.8 Å². The molecule has 40 heavy (non-hydrogen) atoms. The summed E-state index contributed by atoms with van der Waals surface area (Å²) in [5.74, 6) is -3.65. The number of thioether (sulfide) groups is 1. The Morgan fingerprint density at radius 3 is 2.50 bits per heavy atom. The maximum atomic E-state index is 12.7. The quantitative estimate of drug-likeness (QED) is 0.116. The van der Waals surface area contributed by atoms with Crippen LogP contribution in [-0.4, -0.2) is 84.1 Å². The van der Waals surface area contributed by atoms with Crippen molar-refractivity contribution >= 4 is 57.6 Å². The molecule has 0 spiro atoms. The number of sulfonamides is 1. The molecule has 1 aromatic rings. The summed E-state index contributed by atoms with van der Waals surface area (Å²) < 4.78 is 32.3. The molecule has 0 aliphatic carbocycles. The van der Waals surface area contributed by atoms with Crippen molar-refractivity contribution in [3.63, 3.8) is 0 Å². The van der Waals surface area contributed by atoms with Crippen LogP contribution in [0.4, 0.5) is 0 Å². The van der Waals surface area contributed by atoms with Crippen LogP contribution in [0.5, 0.6) is 0 Å². The molecule has 2 heterocycles. The highest BCUT2D eigenvalue weighted by Gasteiger charge is 2.54. The molecule has 0 radical (unpaired) electrons. The van der Waals surface area contributed by atoms with E-state index in [2.05, 4.69) is 10.0 Å². The van der Waals surface area contributed by atoms with E-state index in [1.54, 1.807) is 12.1 Å². The van der Waals surface area contributed by atoms with Crippen LogP contribution >= 0.6 is 11.8 Å². The van der Waals surface area contributed by atoms with Crippen molar-refractivity contribution < 1.29 is 47.0 Å². The first-order chi connectivity index (χ1) is 18.8. The van der Waals surface area contributed by atoms with Gasteiger partial charge in [0.05, 0.1) is 10.9 Å². The van der Waals surface area contributed by atoms with Crippen LogP contribution in [0.2, 0.25) is 0 Å². The summed E-state index contributed by atoms with van der Waals surface area (Å²) in [6.45, 7) is 2.63. The molecule has 0 aromatic heterocycles. The van der Waals surface area contributed by atoms with E-state index in [0.717, 1.165) is 10.5 Å². The van der Waals surface area contributed by atoms with E-state index in [4.69, 9.17) is 4.74 Å². The number of Topliss-reactive ketones (excluding diaryl/α,β-unsaturated/α-hetero) is 1. The zero-order valence-electron chi connectivity index (χ0n) is 21.7. The van der Waals surface area contributed by atoms with E-state index in [9.17, 15) is 42.3 Å². The zero-order chi connectivity index (χ0) is 29.6. The Kier molecular flexibility index (Phi) is 10.2. The van der Waals surface area contributed by atoms with Gasteiger partial charge in [0.2, 0.25) is 15.9 Å². The number of ketones is 1. The highest BCUT2D eigenvalue weighted by molar-refractivity contribution is 8.00. The lowest BCUT2D eigenvalue weighted by Gasteiger charge is -2.49. The third-order valence-corrected chi connectivity index (χ3v) is 8.93. The summed E-state index contributed by atoms with van der Waals surface area (Å²) in [6.07, 6.45) is 0.0856. The number of esters is 1. The summed E-state index contributed by atoms with van der Waals surface area (Å²) >= 11 is 1.19. The molecule has 3 atom stereocenters. The minimum atomic E-state index is -3.93. The lowest BCUT2D eigenvalue weighted by Crippen LogP contribution is -2.70. The van der Waals surface area contributed by atoms with Gasteiger partial charge >= 0.3 is 11.9 Å². The van der Waals surface area contributed by atoms with E-state index in [1.165, 1.54) is 30.8 Å². The Morgan fingerprint density at radius 2 is 1.90 bits per heavy atom. The number of benzene rings is 1. The number of aldehydes is 1. The number of β-lactam (4-membered cyclic amide) rings is 1. The number of nitrogens with one attached hydrogen (secondary N) is 2. The molecule has 13 nitrogen and oxygen atoms in total. The van der Waals surface area contributed by atoms with E-state index >= 15 is 0 Å². The maximum Gasteiger partial charge on any atom is 0.352 e. The lowest BCUT2D eigenvalue weighted by molar-refractivity contribution is -0.151. The Balaban J connectivity index is 1.52. The number of carbonyl (C=O) groups is 6. The molecule has 0 saturated carbocycles. The topological polar surface area (TPSA) is 193 Å². The predicted molar refractivity (Wildman–Crippen MR) is 141 cm³/mol. The van der Waals surface area contributed by atoms with Gasteiger partial charge in [-0.2, -0.15) is 0 Å². The van der Waals surface area contributed by atoms with Gasteiger partial charge in [-0.3, -0.25) is 24.1 Å². The number of hydrogen-bond donors (Lipinski definition) is 3. The van der Waals surface area contributed by atoms with Crippen LogP contribution in [0.15, 0.2) is 40.4 Å². The third kappa shape index (κ3) is 7.55. The average molecular weight is 596 g/mol. The minimum Gasteiger partial charge on any atom is -0.477 e. The number of nitrogens with zero attached hydrogens (tertiary/aromatic N) is 1. The lowest BCUT2D eigenvalue weighted by atomic mass is 10.0. The molecular formula is C25H29N3O10S2. The first kappa shape index (κ1) is 31.0. The fraction of sp³-hybridized carbons (Fsp3) is 0.440. The normalized spacial score (nSPS) is 19.2. The molecular weight excluding hydrogens is 566 g/mol. The second-order valence-electron chi connectivity index (χ2n) is 9.32. The smallest absolute Gasteiger partial charge is 0.352 e. The summed E-state index contributed by atoms with van der Waals surface area (Å²) in [6, 6.07) is 4.07. The number of carbonyl (C=O) groups excluding carboxylic acids is 5. The van der Waals surface area contributed by atoms with Crippen molar-refractivity contribution in [3.05, 3.63) is 41.1 Å². The van der Waals surface area contributed by atoms with Gasteiger partial charge < -0.3 is 20.0 Å². The van der Waals surface area contributed by atoms with E-state index < -0.39 is 63.4 Å². The van der Waals surface area contributed by atoms with Gasteiger partial charge in [0.1, 0.15) is 42.2 Å². The highest BCUT2D eigenvalue weighted by atomic mass is 32.2. The molecule has 1 fully saturated rings. The number of rotatable bonds is 14. The number of fused-ring (bicyclic) bond motifs is 1. The van der Waals surface area contributed by atoms with Crippen molar-refractivity contribution in [2.24, 2.45) is 0 Å². The monoisotopic (exact) mass is 595 g/mol. The Bertz CT molecular complexity index is 1340. The second kappa shape index (κ2) is 13.2. The molecule has 2 unspecified atom stereocenters. The van der Waals surface area contributed by atoms with Gasteiger partial charge in [-0.1, -0.05) is 17.7 Å². The predicted octanol–water partition coefficient (Wildman–Crippen LogP) is 0.272. The van der Waals surface area contributed by atoms with Crippen molar-refractivity contribution in [1.82, 2.24) is 14.9 Å². The van der Waals surface area contributed by atoms with Crippen LogP contribution in [0.1, 0.15) is 38.2 Å². The summed E-state index contributed by atoms with van der Waals surface area (Å²) in [4.78, 5) is 72.3. The first-order valence-corrected chi connectivity index (χ1v) is 14.8. The van der Waals surface area contributed by atoms with Gasteiger partial charge in [-0.25, -0.2) is 17.9 Å². The molecule has 0 bridgehead atoms. The molecule has 1 aromatic carbocycles. The largest absolute Gasteiger partial charge is 0.477 e. The van der Waals surface area contributed by atoms with Gasteiger partial charge in [0.25, 0.3) is 5.91 Å². The SMILES string of the molecule is CC(=O)CC(=O)OCC1=C(C(=O)O)N2C(=O)C(NC(=O)CCCC(C=O)NS(=O)(=O)c3ccc(C)cc3)[C@@H]2SC1.